The smallest absolute Gasteiger partial charge is 0.315 e. The highest BCUT2D eigenvalue weighted by Crippen LogP contribution is 2.11. The first-order valence-corrected chi connectivity index (χ1v) is 6.88. The fourth-order valence-electron chi connectivity index (χ4n) is 1.41. The maximum atomic E-state index is 11.9. The fourth-order valence-corrected chi connectivity index (χ4v) is 1.92. The van der Waals surface area contributed by atoms with Gasteiger partial charge in [-0.3, -0.25) is 0 Å². The molecule has 0 unspecified atom stereocenters. The highest BCUT2D eigenvalue weighted by Gasteiger charge is 2.05. The van der Waals surface area contributed by atoms with Gasteiger partial charge in [-0.2, -0.15) is 11.8 Å². The predicted octanol–water partition coefficient (Wildman–Crippen LogP) is 2.61. The third-order valence-electron chi connectivity index (χ3n) is 2.17. The number of carbonyl (C=O) groups excluding carboxylic acids is 1. The van der Waals surface area contributed by atoms with Crippen LogP contribution >= 0.6 is 11.8 Å². The molecule has 2 N–H and O–H groups in total. The number of thioether (sulfide) groups is 1. The Morgan fingerprint density at radius 2 is 2.06 bits per heavy atom. The molecule has 0 spiro atoms. The third-order valence-corrected chi connectivity index (χ3v) is 2.79. The summed E-state index contributed by atoms with van der Waals surface area (Å²) in [4.78, 5) is 11.2. The molecule has 0 saturated heterocycles. The van der Waals surface area contributed by atoms with E-state index in [0.29, 0.717) is 6.54 Å². The summed E-state index contributed by atoms with van der Waals surface area (Å²) in [7, 11) is 0. The number of alkyl halides is 2. The fraction of sp³-hybridized carbons (Fsp3) is 0.417. The van der Waals surface area contributed by atoms with Gasteiger partial charge in [-0.25, -0.2) is 13.6 Å². The Kier molecular flexibility index (Phi) is 6.49. The Hall–Kier alpha value is -1.30. The minimum Gasteiger partial charge on any atom is -0.334 e. The first-order valence-electron chi connectivity index (χ1n) is 5.48. The lowest BCUT2D eigenvalue weighted by molar-refractivity contribution is 0.146. The lowest BCUT2D eigenvalue weighted by Gasteiger charge is -2.08. The third kappa shape index (κ3) is 5.86. The van der Waals surface area contributed by atoms with Gasteiger partial charge in [0.2, 0.25) is 0 Å². The predicted molar refractivity (Wildman–Crippen MR) is 69.9 cm³/mol. The van der Waals surface area contributed by atoms with Crippen molar-refractivity contribution >= 4 is 17.8 Å². The van der Waals surface area contributed by atoms with Crippen LogP contribution in [0, 0.1) is 0 Å². The number of halogens is 2. The van der Waals surface area contributed by atoms with Crippen LogP contribution in [0.4, 0.5) is 13.6 Å². The molecular weight excluding hydrogens is 258 g/mol. The summed E-state index contributed by atoms with van der Waals surface area (Å²) in [6.45, 7) is -0.296. The van der Waals surface area contributed by atoms with Gasteiger partial charge in [-0.15, -0.1) is 0 Å². The van der Waals surface area contributed by atoms with Gasteiger partial charge in [0.15, 0.2) is 0 Å². The van der Waals surface area contributed by atoms with Crippen LogP contribution in [0.15, 0.2) is 24.3 Å². The Morgan fingerprint density at radius 1 is 1.33 bits per heavy atom. The number of carbonyl (C=O) groups is 1. The lowest BCUT2D eigenvalue weighted by Crippen LogP contribution is -2.37. The molecule has 0 aliphatic carbocycles. The van der Waals surface area contributed by atoms with Crippen LogP contribution in [0.25, 0.3) is 0 Å². The monoisotopic (exact) mass is 274 g/mol. The van der Waals surface area contributed by atoms with Gasteiger partial charge >= 0.3 is 6.03 Å². The van der Waals surface area contributed by atoms with Crippen molar-refractivity contribution in [3.8, 4) is 0 Å². The molecule has 18 heavy (non-hydrogen) atoms. The van der Waals surface area contributed by atoms with Crippen molar-refractivity contribution < 1.29 is 13.6 Å². The summed E-state index contributed by atoms with van der Waals surface area (Å²) in [5.74, 6) is 0.908. The molecule has 0 aliphatic heterocycles. The van der Waals surface area contributed by atoms with Gasteiger partial charge < -0.3 is 10.6 Å². The highest BCUT2D eigenvalue weighted by atomic mass is 32.2. The second kappa shape index (κ2) is 7.92. The van der Waals surface area contributed by atoms with Gasteiger partial charge in [0, 0.05) is 12.3 Å². The number of nitrogens with one attached hydrogen (secondary N) is 2. The highest BCUT2D eigenvalue weighted by molar-refractivity contribution is 7.97. The van der Waals surface area contributed by atoms with Crippen LogP contribution < -0.4 is 10.6 Å². The minimum atomic E-state index is -2.53. The number of amides is 2. The average molecular weight is 274 g/mol. The summed E-state index contributed by atoms with van der Waals surface area (Å²) in [5, 5.41) is 4.62. The van der Waals surface area contributed by atoms with Crippen molar-refractivity contribution in [3.63, 3.8) is 0 Å². The van der Waals surface area contributed by atoms with Gasteiger partial charge in [-0.1, -0.05) is 24.3 Å². The average Bonchev–Trinajstić information content (AvgIpc) is 2.35. The van der Waals surface area contributed by atoms with E-state index in [0.717, 1.165) is 11.3 Å². The molecule has 100 valence electrons. The van der Waals surface area contributed by atoms with E-state index < -0.39 is 19.0 Å². The van der Waals surface area contributed by atoms with Crippen molar-refractivity contribution in [1.29, 1.82) is 0 Å². The van der Waals surface area contributed by atoms with Crippen LogP contribution in [-0.4, -0.2) is 25.3 Å². The molecule has 0 atom stereocenters. The first-order chi connectivity index (χ1) is 8.61. The summed E-state index contributed by atoms with van der Waals surface area (Å²) in [5.41, 5.74) is 2.13. The molecule has 1 rings (SSSR count). The molecule has 3 nitrogen and oxygen atoms in total. The molecule has 0 saturated carbocycles. The zero-order valence-corrected chi connectivity index (χ0v) is 10.9. The van der Waals surface area contributed by atoms with Crippen molar-refractivity contribution in [2.24, 2.45) is 0 Å². The van der Waals surface area contributed by atoms with E-state index in [-0.39, 0.29) is 0 Å². The Morgan fingerprint density at radius 3 is 2.72 bits per heavy atom. The quantitative estimate of drug-likeness (QED) is 0.837. The van der Waals surface area contributed by atoms with E-state index in [2.05, 4.69) is 10.6 Å². The largest absolute Gasteiger partial charge is 0.334 e. The molecule has 0 heterocycles. The Bertz CT molecular complexity index is 388. The Balaban J connectivity index is 2.38. The molecule has 2 amide bonds. The zero-order chi connectivity index (χ0) is 13.4. The van der Waals surface area contributed by atoms with Gasteiger partial charge in [-0.05, 0) is 17.4 Å². The van der Waals surface area contributed by atoms with Gasteiger partial charge in [0.1, 0.15) is 0 Å². The second-order valence-corrected chi connectivity index (χ2v) is 4.57. The van der Waals surface area contributed by atoms with Crippen LogP contribution in [0.3, 0.4) is 0 Å². The SMILES string of the molecule is CSCc1cccc(CNC(=O)NCC(F)F)c1. The van der Waals surface area contributed by atoms with E-state index in [4.69, 9.17) is 0 Å². The number of hydrogen-bond donors (Lipinski definition) is 2. The summed E-state index contributed by atoms with van der Waals surface area (Å²) < 4.78 is 23.7. The zero-order valence-electron chi connectivity index (χ0n) is 10.1. The van der Waals surface area contributed by atoms with Crippen LogP contribution in [0.5, 0.6) is 0 Å². The number of hydrogen-bond acceptors (Lipinski definition) is 2. The number of benzene rings is 1. The van der Waals surface area contributed by atoms with Crippen molar-refractivity contribution in [1.82, 2.24) is 10.6 Å². The van der Waals surface area contributed by atoms with Crippen LogP contribution in [0.2, 0.25) is 0 Å². The molecule has 0 radical (unpaired) electrons. The maximum absolute atomic E-state index is 11.9. The number of rotatable bonds is 6. The van der Waals surface area contributed by atoms with E-state index in [1.165, 1.54) is 5.56 Å². The van der Waals surface area contributed by atoms with Gasteiger partial charge in [0.05, 0.1) is 6.54 Å². The summed E-state index contributed by atoms with van der Waals surface area (Å²) >= 11 is 1.72. The molecule has 1 aromatic carbocycles. The normalized spacial score (nSPS) is 10.4. The molecule has 0 bridgehead atoms. The second-order valence-electron chi connectivity index (χ2n) is 3.71. The standard InChI is InChI=1S/C12H16F2N2OS/c1-18-8-10-4-2-3-9(5-10)6-15-12(17)16-7-11(13)14/h2-5,11H,6-8H2,1H3,(H2,15,16,17). The van der Waals surface area contributed by atoms with Crippen molar-refractivity contribution in [2.45, 2.75) is 18.7 Å². The summed E-state index contributed by atoms with van der Waals surface area (Å²) in [6, 6.07) is 7.23. The molecule has 0 aromatic heterocycles. The summed E-state index contributed by atoms with van der Waals surface area (Å²) in [6.07, 6.45) is -0.511. The molecule has 0 fully saturated rings. The van der Waals surface area contributed by atoms with E-state index >= 15 is 0 Å². The van der Waals surface area contributed by atoms with Crippen LogP contribution in [0.1, 0.15) is 11.1 Å². The van der Waals surface area contributed by atoms with E-state index in [9.17, 15) is 13.6 Å². The minimum absolute atomic E-state index is 0.331. The molecule has 0 aliphatic rings. The van der Waals surface area contributed by atoms with E-state index in [1.54, 1.807) is 11.8 Å². The lowest BCUT2D eigenvalue weighted by atomic mass is 10.1. The van der Waals surface area contributed by atoms with Crippen molar-refractivity contribution in [3.05, 3.63) is 35.4 Å². The van der Waals surface area contributed by atoms with Gasteiger partial charge in [0.25, 0.3) is 6.43 Å². The maximum Gasteiger partial charge on any atom is 0.315 e. The molecule has 1 aromatic rings. The van der Waals surface area contributed by atoms with Crippen molar-refractivity contribution in [2.75, 3.05) is 12.8 Å². The van der Waals surface area contributed by atoms with E-state index in [1.807, 2.05) is 30.5 Å². The Labute approximate surface area is 109 Å². The first kappa shape index (κ1) is 14.8. The number of urea groups is 1. The van der Waals surface area contributed by atoms with Crippen LogP contribution in [-0.2, 0) is 12.3 Å². The topological polar surface area (TPSA) is 41.1 Å². The molecular formula is C12H16F2N2OS. The molecule has 6 heteroatoms.